The Balaban J connectivity index is 1.56. The van der Waals surface area contributed by atoms with Crippen LogP contribution in [0.3, 0.4) is 0 Å². The normalized spacial score (nSPS) is 14.8. The summed E-state index contributed by atoms with van der Waals surface area (Å²) in [5.41, 5.74) is -1.21. The van der Waals surface area contributed by atoms with Crippen molar-refractivity contribution in [3.8, 4) is 5.69 Å². The summed E-state index contributed by atoms with van der Waals surface area (Å²) in [7, 11) is 1.96. The number of aromatic nitrogens is 4. The molecule has 9 nitrogen and oxygen atoms in total. The van der Waals surface area contributed by atoms with Gasteiger partial charge in [0.2, 0.25) is 5.43 Å². The molecule has 1 saturated heterocycles. The third-order valence-electron chi connectivity index (χ3n) is 6.53. The number of alkyl halides is 3. The van der Waals surface area contributed by atoms with Gasteiger partial charge in [-0.15, -0.1) is 5.10 Å². The predicted octanol–water partition coefficient (Wildman–Crippen LogP) is 3.24. The van der Waals surface area contributed by atoms with Crippen molar-refractivity contribution < 1.29 is 27.5 Å². The maximum atomic E-state index is 15.1. The molecule has 1 N–H and O–H groups in total. The number of halogens is 4. The number of piperazine rings is 1. The van der Waals surface area contributed by atoms with E-state index in [9.17, 15) is 27.9 Å². The van der Waals surface area contributed by atoms with E-state index in [4.69, 9.17) is 0 Å². The summed E-state index contributed by atoms with van der Waals surface area (Å²) < 4.78 is 57.1. The Morgan fingerprint density at radius 1 is 1.08 bits per heavy atom. The van der Waals surface area contributed by atoms with E-state index in [1.54, 1.807) is 0 Å². The highest BCUT2D eigenvalue weighted by molar-refractivity contribution is 5.93. The molecule has 0 radical (unpaired) electrons. The molecule has 2 aromatic heterocycles. The lowest BCUT2D eigenvalue weighted by molar-refractivity contribution is -0.137. The monoisotopic (exact) mass is 530 g/mol. The molecule has 0 aliphatic carbocycles. The SMILES string of the molecule is CN1CCN(c2cc3c(cc2F)c(=O)c(C(=O)O)cn3Cc2cn(-c3cccc(C(F)(F)F)c3)nn2)CC1. The van der Waals surface area contributed by atoms with Gasteiger partial charge in [-0.3, -0.25) is 4.79 Å². The molecule has 2 aromatic carbocycles. The number of aromatic carboxylic acids is 1. The Bertz CT molecular complexity index is 1590. The molecule has 38 heavy (non-hydrogen) atoms. The molecule has 0 unspecified atom stereocenters. The fourth-order valence-electron chi connectivity index (χ4n) is 4.47. The third-order valence-corrected chi connectivity index (χ3v) is 6.53. The average molecular weight is 530 g/mol. The average Bonchev–Trinajstić information content (AvgIpc) is 3.34. The summed E-state index contributed by atoms with van der Waals surface area (Å²) in [5, 5.41) is 17.4. The fourth-order valence-corrected chi connectivity index (χ4v) is 4.47. The van der Waals surface area contributed by atoms with Crippen molar-refractivity contribution in [1.29, 1.82) is 0 Å². The number of nitrogens with zero attached hydrogens (tertiary/aromatic N) is 6. The lowest BCUT2D eigenvalue weighted by Gasteiger charge is -2.34. The van der Waals surface area contributed by atoms with Crippen LogP contribution in [0.2, 0.25) is 0 Å². The molecule has 13 heteroatoms. The number of fused-ring (bicyclic) bond motifs is 1. The van der Waals surface area contributed by atoms with E-state index in [-0.39, 0.29) is 29.0 Å². The lowest BCUT2D eigenvalue weighted by atomic mass is 10.1. The van der Waals surface area contributed by atoms with Crippen molar-refractivity contribution in [2.45, 2.75) is 12.7 Å². The minimum absolute atomic E-state index is 0.0656. The first-order valence-electron chi connectivity index (χ1n) is 11.6. The number of hydrogen-bond donors (Lipinski definition) is 1. The summed E-state index contributed by atoms with van der Waals surface area (Å²) in [6.45, 7) is 2.52. The summed E-state index contributed by atoms with van der Waals surface area (Å²) in [4.78, 5) is 28.6. The maximum absolute atomic E-state index is 15.1. The third kappa shape index (κ3) is 4.84. The van der Waals surface area contributed by atoms with Crippen LogP contribution in [-0.4, -0.2) is 68.8 Å². The van der Waals surface area contributed by atoms with E-state index >= 15 is 4.39 Å². The van der Waals surface area contributed by atoms with E-state index in [1.165, 1.54) is 33.6 Å². The maximum Gasteiger partial charge on any atom is 0.416 e. The Labute approximate surface area is 213 Å². The first-order chi connectivity index (χ1) is 18.0. The van der Waals surface area contributed by atoms with Gasteiger partial charge < -0.3 is 19.5 Å². The number of anilines is 1. The van der Waals surface area contributed by atoms with Gasteiger partial charge in [0.1, 0.15) is 17.1 Å². The van der Waals surface area contributed by atoms with Gasteiger partial charge in [0.15, 0.2) is 0 Å². The van der Waals surface area contributed by atoms with Crippen molar-refractivity contribution in [3.63, 3.8) is 0 Å². The predicted molar refractivity (Wildman–Crippen MR) is 130 cm³/mol. The van der Waals surface area contributed by atoms with Crippen LogP contribution in [0, 0.1) is 5.82 Å². The first kappa shape index (κ1) is 25.4. The zero-order valence-electron chi connectivity index (χ0n) is 20.1. The second-order valence-corrected chi connectivity index (χ2v) is 9.12. The number of pyridine rings is 1. The van der Waals surface area contributed by atoms with Crippen LogP contribution >= 0.6 is 0 Å². The zero-order chi connectivity index (χ0) is 27.2. The van der Waals surface area contributed by atoms with Gasteiger partial charge in [0, 0.05) is 37.8 Å². The highest BCUT2D eigenvalue weighted by atomic mass is 19.4. The highest BCUT2D eigenvalue weighted by Crippen LogP contribution is 2.30. The smallest absolute Gasteiger partial charge is 0.416 e. The number of carbonyl (C=O) groups is 1. The van der Waals surface area contributed by atoms with Crippen LogP contribution in [-0.2, 0) is 12.7 Å². The van der Waals surface area contributed by atoms with Crippen molar-refractivity contribution >= 4 is 22.6 Å². The molecule has 0 saturated carbocycles. The van der Waals surface area contributed by atoms with Gasteiger partial charge in [0.25, 0.3) is 0 Å². The van der Waals surface area contributed by atoms with Crippen LogP contribution in [0.15, 0.2) is 53.6 Å². The van der Waals surface area contributed by atoms with Gasteiger partial charge in [-0.2, -0.15) is 13.2 Å². The van der Waals surface area contributed by atoms with Gasteiger partial charge in [-0.1, -0.05) is 11.3 Å². The molecule has 0 atom stereocenters. The highest BCUT2D eigenvalue weighted by Gasteiger charge is 2.30. The van der Waals surface area contributed by atoms with Gasteiger partial charge >= 0.3 is 12.1 Å². The second-order valence-electron chi connectivity index (χ2n) is 9.12. The first-order valence-corrected chi connectivity index (χ1v) is 11.6. The standard InChI is InChI=1S/C25H22F4N6O3/c1-32-5-7-33(8-6-32)22-11-21-18(10-20(22)26)23(36)19(24(37)38)14-34(21)12-16-13-35(31-30-16)17-4-2-3-15(9-17)25(27,28)29/h2-4,9-11,13-14H,5-8,12H2,1H3,(H,37,38). The molecule has 1 fully saturated rings. The van der Waals surface area contributed by atoms with Crippen molar-refractivity contribution in [2.75, 3.05) is 38.1 Å². The van der Waals surface area contributed by atoms with Crippen LogP contribution in [0.25, 0.3) is 16.6 Å². The molecule has 5 rings (SSSR count). The summed E-state index contributed by atoms with van der Waals surface area (Å²) in [6, 6.07) is 7.13. The Morgan fingerprint density at radius 3 is 2.50 bits per heavy atom. The molecule has 1 aliphatic heterocycles. The number of rotatable bonds is 5. The van der Waals surface area contributed by atoms with Crippen molar-refractivity contribution in [1.82, 2.24) is 24.5 Å². The molecular formula is C25H22F4N6O3. The number of hydrogen-bond acceptors (Lipinski definition) is 6. The number of carboxylic acids is 1. The quantitative estimate of drug-likeness (QED) is 0.396. The molecular weight excluding hydrogens is 508 g/mol. The van der Waals surface area contributed by atoms with E-state index in [2.05, 4.69) is 15.2 Å². The van der Waals surface area contributed by atoms with E-state index < -0.39 is 34.5 Å². The van der Waals surface area contributed by atoms with E-state index in [0.29, 0.717) is 18.6 Å². The number of carboxylic acid groups (broad SMARTS) is 1. The Morgan fingerprint density at radius 2 is 1.82 bits per heavy atom. The summed E-state index contributed by atoms with van der Waals surface area (Å²) in [6.07, 6.45) is -1.97. The van der Waals surface area contributed by atoms with Gasteiger partial charge in [-0.05, 0) is 37.4 Å². The zero-order valence-corrected chi connectivity index (χ0v) is 20.1. The molecule has 0 amide bonds. The van der Waals surface area contributed by atoms with Crippen molar-refractivity contribution in [2.24, 2.45) is 0 Å². The molecule has 0 spiro atoms. The fraction of sp³-hybridized carbons (Fsp3) is 0.280. The largest absolute Gasteiger partial charge is 0.477 e. The van der Waals surface area contributed by atoms with Gasteiger partial charge in [0.05, 0.1) is 35.2 Å². The van der Waals surface area contributed by atoms with E-state index in [0.717, 1.165) is 37.5 Å². The van der Waals surface area contributed by atoms with Crippen molar-refractivity contribution in [3.05, 3.63) is 81.7 Å². The molecule has 1 aliphatic rings. The minimum Gasteiger partial charge on any atom is -0.477 e. The minimum atomic E-state index is -4.53. The van der Waals surface area contributed by atoms with Crippen LogP contribution in [0.4, 0.5) is 23.2 Å². The molecule has 4 aromatic rings. The lowest BCUT2D eigenvalue weighted by Crippen LogP contribution is -2.44. The number of benzene rings is 2. The Kier molecular flexibility index (Phi) is 6.39. The molecule has 3 heterocycles. The molecule has 0 bridgehead atoms. The Hall–Kier alpha value is -4.26. The van der Waals surface area contributed by atoms with Gasteiger partial charge in [-0.25, -0.2) is 13.9 Å². The second kappa shape index (κ2) is 9.56. The molecule has 198 valence electrons. The topological polar surface area (TPSA) is 96.5 Å². The number of likely N-dealkylation sites (N-methyl/N-ethyl adjacent to an activating group) is 1. The van der Waals surface area contributed by atoms with E-state index in [1.807, 2.05) is 11.9 Å². The summed E-state index contributed by atoms with van der Waals surface area (Å²) >= 11 is 0. The summed E-state index contributed by atoms with van der Waals surface area (Å²) in [5.74, 6) is -2.11. The van der Waals surface area contributed by atoms with Crippen LogP contribution < -0.4 is 10.3 Å². The van der Waals surface area contributed by atoms with Crippen LogP contribution in [0.5, 0.6) is 0 Å². The van der Waals surface area contributed by atoms with Crippen LogP contribution in [0.1, 0.15) is 21.6 Å².